The molecule has 1 aromatic heterocycles. The minimum Gasteiger partial charge on any atom is -0.322 e. The second kappa shape index (κ2) is 5.96. The summed E-state index contributed by atoms with van der Waals surface area (Å²) in [6.45, 7) is 1.54. The molecule has 1 atom stereocenters. The van der Waals surface area contributed by atoms with E-state index in [9.17, 15) is 22.4 Å². The van der Waals surface area contributed by atoms with Crippen LogP contribution in [-0.2, 0) is 6.18 Å². The highest BCUT2D eigenvalue weighted by Gasteiger charge is 2.31. The van der Waals surface area contributed by atoms with Crippen LogP contribution in [0.4, 0.5) is 17.6 Å². The number of nitrogens with zero attached hydrogens (tertiary/aromatic N) is 2. The molecule has 0 aliphatic carbocycles. The summed E-state index contributed by atoms with van der Waals surface area (Å²) in [4.78, 5) is 17.0. The third kappa shape index (κ3) is 3.00. The first-order valence-electron chi connectivity index (χ1n) is 7.34. The summed E-state index contributed by atoms with van der Waals surface area (Å²) in [5, 5.41) is -0.302. The van der Waals surface area contributed by atoms with Gasteiger partial charge in [0.1, 0.15) is 17.0 Å². The molecule has 130 valence electrons. The lowest BCUT2D eigenvalue weighted by Crippen LogP contribution is -2.28. The maximum atomic E-state index is 14.1. The molecule has 25 heavy (non-hydrogen) atoms. The number of rotatable bonds is 2. The van der Waals surface area contributed by atoms with E-state index in [1.165, 1.54) is 31.2 Å². The van der Waals surface area contributed by atoms with Crippen LogP contribution >= 0.6 is 0 Å². The third-order valence-corrected chi connectivity index (χ3v) is 3.71. The number of fused-ring (bicyclic) bond motifs is 1. The second-order valence-corrected chi connectivity index (χ2v) is 5.58. The first-order chi connectivity index (χ1) is 11.7. The van der Waals surface area contributed by atoms with E-state index < -0.39 is 29.2 Å². The Morgan fingerprint density at radius 2 is 1.84 bits per heavy atom. The van der Waals surface area contributed by atoms with Crippen molar-refractivity contribution in [2.45, 2.75) is 19.1 Å². The van der Waals surface area contributed by atoms with Gasteiger partial charge in [0.15, 0.2) is 0 Å². The highest BCUT2D eigenvalue weighted by molar-refractivity contribution is 5.78. The predicted octanol–water partition coefficient (Wildman–Crippen LogP) is 3.56. The molecule has 1 heterocycles. The molecule has 0 fully saturated rings. The van der Waals surface area contributed by atoms with Crippen molar-refractivity contribution in [2.24, 2.45) is 5.73 Å². The molecule has 0 bridgehead atoms. The van der Waals surface area contributed by atoms with Crippen LogP contribution in [0, 0.1) is 5.82 Å². The number of aromatic nitrogens is 2. The first-order valence-corrected chi connectivity index (χ1v) is 7.34. The lowest BCUT2D eigenvalue weighted by atomic mass is 10.1. The van der Waals surface area contributed by atoms with Gasteiger partial charge in [-0.05, 0) is 37.3 Å². The summed E-state index contributed by atoms with van der Waals surface area (Å²) < 4.78 is 53.9. The quantitative estimate of drug-likeness (QED) is 0.718. The molecule has 8 heteroatoms. The fourth-order valence-corrected chi connectivity index (χ4v) is 2.58. The summed E-state index contributed by atoms with van der Waals surface area (Å²) in [7, 11) is 0. The van der Waals surface area contributed by atoms with Crippen LogP contribution in [0.1, 0.15) is 24.4 Å². The number of hydrogen-bond acceptors (Lipinski definition) is 3. The van der Waals surface area contributed by atoms with E-state index in [0.717, 1.165) is 22.8 Å². The molecule has 4 nitrogen and oxygen atoms in total. The Morgan fingerprint density at radius 1 is 1.16 bits per heavy atom. The summed E-state index contributed by atoms with van der Waals surface area (Å²) in [5.41, 5.74) is 4.11. The highest BCUT2D eigenvalue weighted by atomic mass is 19.4. The zero-order valence-corrected chi connectivity index (χ0v) is 13.0. The van der Waals surface area contributed by atoms with Crippen LogP contribution in [-0.4, -0.2) is 9.55 Å². The minimum absolute atomic E-state index is 0.0439. The van der Waals surface area contributed by atoms with Crippen LogP contribution in [0.3, 0.4) is 0 Å². The van der Waals surface area contributed by atoms with Gasteiger partial charge in [-0.15, -0.1) is 0 Å². The molecule has 2 aromatic carbocycles. The average molecular weight is 351 g/mol. The molecule has 0 unspecified atom stereocenters. The van der Waals surface area contributed by atoms with Crippen molar-refractivity contribution in [1.29, 1.82) is 0 Å². The van der Waals surface area contributed by atoms with Gasteiger partial charge in [-0.2, -0.15) is 13.2 Å². The first kappa shape index (κ1) is 17.1. The topological polar surface area (TPSA) is 60.9 Å². The summed E-state index contributed by atoms with van der Waals surface area (Å²) >= 11 is 0. The second-order valence-electron chi connectivity index (χ2n) is 5.58. The van der Waals surface area contributed by atoms with Crippen molar-refractivity contribution in [3.05, 3.63) is 70.0 Å². The van der Waals surface area contributed by atoms with E-state index in [0.29, 0.717) is 0 Å². The Balaban J connectivity index is 2.39. The minimum atomic E-state index is -4.58. The van der Waals surface area contributed by atoms with Crippen LogP contribution in [0.25, 0.3) is 16.6 Å². The van der Waals surface area contributed by atoms with Crippen molar-refractivity contribution in [1.82, 2.24) is 9.55 Å². The van der Waals surface area contributed by atoms with Gasteiger partial charge in [0.05, 0.1) is 22.8 Å². The van der Waals surface area contributed by atoms with Crippen molar-refractivity contribution < 1.29 is 17.6 Å². The maximum Gasteiger partial charge on any atom is 0.416 e. The smallest absolute Gasteiger partial charge is 0.322 e. The molecule has 0 aliphatic rings. The lowest BCUT2D eigenvalue weighted by molar-refractivity contribution is -0.137. The largest absolute Gasteiger partial charge is 0.416 e. The van der Waals surface area contributed by atoms with Gasteiger partial charge in [-0.1, -0.05) is 12.1 Å². The molecule has 2 N–H and O–H groups in total. The van der Waals surface area contributed by atoms with Crippen molar-refractivity contribution >= 4 is 10.9 Å². The number of halogens is 4. The van der Waals surface area contributed by atoms with E-state index in [-0.39, 0.29) is 22.4 Å². The van der Waals surface area contributed by atoms with Crippen LogP contribution in [0.2, 0.25) is 0 Å². The number of nitrogens with two attached hydrogens (primary N) is 1. The van der Waals surface area contributed by atoms with Gasteiger partial charge < -0.3 is 5.73 Å². The van der Waals surface area contributed by atoms with Crippen molar-refractivity contribution in [2.75, 3.05) is 0 Å². The molecule has 0 aliphatic heterocycles. The molecule has 0 saturated heterocycles. The van der Waals surface area contributed by atoms with E-state index in [2.05, 4.69) is 4.98 Å². The summed E-state index contributed by atoms with van der Waals surface area (Å²) in [5.74, 6) is -0.755. The van der Waals surface area contributed by atoms with Gasteiger partial charge in [0.2, 0.25) is 0 Å². The number of benzene rings is 2. The van der Waals surface area contributed by atoms with Crippen LogP contribution < -0.4 is 11.3 Å². The van der Waals surface area contributed by atoms with Crippen molar-refractivity contribution in [3.8, 4) is 5.69 Å². The lowest BCUT2D eigenvalue weighted by Gasteiger charge is -2.17. The van der Waals surface area contributed by atoms with Gasteiger partial charge in [0, 0.05) is 0 Å². The van der Waals surface area contributed by atoms with Gasteiger partial charge in [0.25, 0.3) is 5.56 Å². The Bertz CT molecular complexity index is 1010. The van der Waals surface area contributed by atoms with Gasteiger partial charge in [-0.3, -0.25) is 9.36 Å². The average Bonchev–Trinajstić information content (AvgIpc) is 2.53. The van der Waals surface area contributed by atoms with Crippen molar-refractivity contribution in [3.63, 3.8) is 0 Å². The zero-order chi connectivity index (χ0) is 18.4. The fourth-order valence-electron chi connectivity index (χ4n) is 2.58. The highest BCUT2D eigenvalue weighted by Crippen LogP contribution is 2.30. The Hall–Kier alpha value is -2.74. The molecular weight excluding hydrogens is 338 g/mol. The molecule has 0 spiro atoms. The van der Waals surface area contributed by atoms with E-state index in [1.54, 1.807) is 0 Å². The number of alkyl halides is 3. The van der Waals surface area contributed by atoms with E-state index in [4.69, 9.17) is 5.73 Å². The Kier molecular flexibility index (Phi) is 4.08. The number of hydrogen-bond donors (Lipinski definition) is 1. The molecule has 0 amide bonds. The Morgan fingerprint density at radius 3 is 2.48 bits per heavy atom. The molecule has 3 aromatic rings. The van der Waals surface area contributed by atoms with Crippen LogP contribution in [0.15, 0.2) is 47.3 Å². The third-order valence-electron chi connectivity index (χ3n) is 3.71. The SMILES string of the molecule is C[C@H](N)c1nc2cccc(F)c2c(=O)n1-c1cccc(C(F)(F)F)c1. The van der Waals surface area contributed by atoms with E-state index in [1.807, 2.05) is 0 Å². The summed E-state index contributed by atoms with van der Waals surface area (Å²) in [6.07, 6.45) is -4.58. The molecule has 3 rings (SSSR count). The van der Waals surface area contributed by atoms with E-state index >= 15 is 0 Å². The monoisotopic (exact) mass is 351 g/mol. The predicted molar refractivity (Wildman–Crippen MR) is 84.9 cm³/mol. The van der Waals surface area contributed by atoms with Gasteiger partial charge >= 0.3 is 6.18 Å². The maximum absolute atomic E-state index is 14.1. The fraction of sp³-hybridized carbons (Fsp3) is 0.176. The Labute approximate surface area is 139 Å². The normalized spacial score (nSPS) is 13.2. The standard InChI is InChI=1S/C17H13F4N3O/c1-9(22)15-23-13-7-3-6-12(18)14(13)16(25)24(15)11-5-2-4-10(8-11)17(19,20)21/h2-9H,22H2,1H3/t9-/m0/s1. The molecule has 0 saturated carbocycles. The zero-order valence-electron chi connectivity index (χ0n) is 13.0. The molecule has 0 radical (unpaired) electrons. The van der Waals surface area contributed by atoms with Crippen LogP contribution in [0.5, 0.6) is 0 Å². The van der Waals surface area contributed by atoms with Gasteiger partial charge in [-0.25, -0.2) is 9.37 Å². The summed E-state index contributed by atoms with van der Waals surface area (Å²) in [6, 6.07) is 7.35. The molecular formula is C17H13F4N3O.